The fourth-order valence-electron chi connectivity index (χ4n) is 2.38. The number of nitrogens with two attached hydrogens (primary N) is 1. The van der Waals surface area contributed by atoms with Gasteiger partial charge in [0.2, 0.25) is 5.95 Å². The predicted octanol–water partition coefficient (Wildman–Crippen LogP) is 3.20. The van der Waals surface area contributed by atoms with Crippen LogP contribution in [-0.2, 0) is 0 Å². The Labute approximate surface area is 111 Å². The summed E-state index contributed by atoms with van der Waals surface area (Å²) in [4.78, 5) is 8.37. The largest absolute Gasteiger partial charge is 0.383 e. The van der Waals surface area contributed by atoms with E-state index >= 15 is 0 Å². The van der Waals surface area contributed by atoms with E-state index in [9.17, 15) is 0 Å². The molecule has 1 saturated carbocycles. The zero-order valence-electron chi connectivity index (χ0n) is 9.95. The van der Waals surface area contributed by atoms with Crippen LogP contribution in [0.1, 0.15) is 38.5 Å². The monoisotopic (exact) mass is 298 g/mol. The molecule has 1 aromatic heterocycles. The number of halogens is 1. The highest BCUT2D eigenvalue weighted by Gasteiger charge is 2.12. The van der Waals surface area contributed by atoms with Crippen molar-refractivity contribution in [1.82, 2.24) is 9.97 Å². The van der Waals surface area contributed by atoms with Gasteiger partial charge in [-0.25, -0.2) is 4.98 Å². The lowest BCUT2D eigenvalue weighted by atomic mass is 9.87. The van der Waals surface area contributed by atoms with Crippen molar-refractivity contribution in [3.8, 4) is 0 Å². The van der Waals surface area contributed by atoms with Gasteiger partial charge >= 0.3 is 0 Å². The van der Waals surface area contributed by atoms with Crippen LogP contribution in [0.4, 0.5) is 11.8 Å². The van der Waals surface area contributed by atoms with Crippen LogP contribution >= 0.6 is 15.9 Å². The first-order valence-electron chi connectivity index (χ1n) is 6.28. The molecule has 0 aromatic carbocycles. The standard InChI is InChI=1S/C12H19BrN4/c13-10-8-11(14)17-12(16-10)15-7-6-9-4-2-1-3-5-9/h8-9H,1-7H2,(H3,14,15,16,17). The second kappa shape index (κ2) is 6.19. The van der Waals surface area contributed by atoms with Crippen LogP contribution in [0.5, 0.6) is 0 Å². The maximum Gasteiger partial charge on any atom is 0.225 e. The second-order valence-electron chi connectivity index (χ2n) is 4.66. The third-order valence-corrected chi connectivity index (χ3v) is 3.68. The predicted molar refractivity (Wildman–Crippen MR) is 73.8 cm³/mol. The molecule has 0 unspecified atom stereocenters. The first kappa shape index (κ1) is 12.6. The molecule has 0 amide bonds. The maximum absolute atomic E-state index is 5.65. The summed E-state index contributed by atoms with van der Waals surface area (Å²) < 4.78 is 0.727. The molecular weight excluding hydrogens is 280 g/mol. The van der Waals surface area contributed by atoms with Gasteiger partial charge in [-0.2, -0.15) is 4.98 Å². The van der Waals surface area contributed by atoms with Crippen molar-refractivity contribution in [2.24, 2.45) is 5.92 Å². The van der Waals surface area contributed by atoms with Gasteiger partial charge in [0.05, 0.1) is 0 Å². The van der Waals surface area contributed by atoms with E-state index in [2.05, 4.69) is 31.2 Å². The van der Waals surface area contributed by atoms with Crippen molar-refractivity contribution in [2.75, 3.05) is 17.6 Å². The Morgan fingerprint density at radius 1 is 1.29 bits per heavy atom. The van der Waals surface area contributed by atoms with Gasteiger partial charge in [0.1, 0.15) is 10.4 Å². The van der Waals surface area contributed by atoms with Crippen LogP contribution in [0.25, 0.3) is 0 Å². The molecule has 0 atom stereocenters. The van der Waals surface area contributed by atoms with E-state index in [-0.39, 0.29) is 0 Å². The molecule has 0 bridgehead atoms. The lowest BCUT2D eigenvalue weighted by molar-refractivity contribution is 0.345. The van der Waals surface area contributed by atoms with Crippen molar-refractivity contribution in [3.63, 3.8) is 0 Å². The Morgan fingerprint density at radius 2 is 2.06 bits per heavy atom. The Balaban J connectivity index is 1.77. The molecule has 0 aliphatic heterocycles. The van der Waals surface area contributed by atoms with Crippen LogP contribution in [0.3, 0.4) is 0 Å². The smallest absolute Gasteiger partial charge is 0.225 e. The molecule has 1 fully saturated rings. The highest BCUT2D eigenvalue weighted by molar-refractivity contribution is 9.10. The SMILES string of the molecule is Nc1cc(Br)nc(NCCC2CCCCC2)n1. The molecule has 3 N–H and O–H groups in total. The third kappa shape index (κ3) is 4.15. The topological polar surface area (TPSA) is 63.8 Å². The molecule has 17 heavy (non-hydrogen) atoms. The first-order valence-corrected chi connectivity index (χ1v) is 7.07. The number of rotatable bonds is 4. The molecule has 0 radical (unpaired) electrons. The molecule has 1 aromatic rings. The van der Waals surface area contributed by atoms with E-state index in [4.69, 9.17) is 5.73 Å². The number of hydrogen-bond donors (Lipinski definition) is 2. The van der Waals surface area contributed by atoms with Crippen LogP contribution in [0, 0.1) is 5.92 Å². The van der Waals surface area contributed by atoms with E-state index < -0.39 is 0 Å². The third-order valence-electron chi connectivity index (χ3n) is 3.28. The van der Waals surface area contributed by atoms with Gasteiger partial charge in [0.25, 0.3) is 0 Å². The number of aromatic nitrogens is 2. The molecule has 5 heteroatoms. The van der Waals surface area contributed by atoms with E-state index in [0.29, 0.717) is 11.8 Å². The number of nitrogens with one attached hydrogen (secondary N) is 1. The van der Waals surface area contributed by atoms with E-state index in [1.807, 2.05) is 0 Å². The summed E-state index contributed by atoms with van der Waals surface area (Å²) in [5.41, 5.74) is 5.65. The van der Waals surface area contributed by atoms with Crippen LogP contribution in [0.15, 0.2) is 10.7 Å². The van der Waals surface area contributed by atoms with Crippen molar-refractivity contribution in [1.29, 1.82) is 0 Å². The summed E-state index contributed by atoms with van der Waals surface area (Å²) in [6.07, 6.45) is 8.16. The van der Waals surface area contributed by atoms with Crippen molar-refractivity contribution < 1.29 is 0 Å². The molecule has 0 spiro atoms. The summed E-state index contributed by atoms with van der Waals surface area (Å²) in [5.74, 6) is 1.99. The Kier molecular flexibility index (Phi) is 4.59. The minimum absolute atomic E-state index is 0.493. The molecule has 94 valence electrons. The molecule has 0 saturated heterocycles. The molecular formula is C12H19BrN4. The van der Waals surface area contributed by atoms with Gasteiger partial charge in [-0.15, -0.1) is 0 Å². The number of nitrogens with zero attached hydrogens (tertiary/aromatic N) is 2. The summed E-state index contributed by atoms with van der Waals surface area (Å²) in [5, 5.41) is 3.24. The molecule has 1 heterocycles. The summed E-state index contributed by atoms with van der Waals surface area (Å²) >= 11 is 3.31. The van der Waals surface area contributed by atoms with Crippen LogP contribution in [-0.4, -0.2) is 16.5 Å². The van der Waals surface area contributed by atoms with Gasteiger partial charge in [0.15, 0.2) is 0 Å². The van der Waals surface area contributed by atoms with Crippen molar-refractivity contribution >= 4 is 27.7 Å². The summed E-state index contributed by atoms with van der Waals surface area (Å²) in [6.45, 7) is 0.931. The first-order chi connectivity index (χ1) is 8.24. The minimum atomic E-state index is 0.493. The van der Waals surface area contributed by atoms with Gasteiger partial charge < -0.3 is 11.1 Å². The van der Waals surface area contributed by atoms with Crippen molar-refractivity contribution in [2.45, 2.75) is 38.5 Å². The fourth-order valence-corrected chi connectivity index (χ4v) is 2.78. The Hall–Kier alpha value is -0.840. The molecule has 1 aliphatic rings. The zero-order chi connectivity index (χ0) is 12.1. The highest BCUT2D eigenvalue weighted by Crippen LogP contribution is 2.26. The fraction of sp³-hybridized carbons (Fsp3) is 0.667. The minimum Gasteiger partial charge on any atom is -0.383 e. The molecule has 1 aliphatic carbocycles. The maximum atomic E-state index is 5.65. The number of hydrogen-bond acceptors (Lipinski definition) is 4. The van der Waals surface area contributed by atoms with Gasteiger partial charge in [-0.3, -0.25) is 0 Å². The number of nitrogen functional groups attached to an aromatic ring is 1. The lowest BCUT2D eigenvalue weighted by Crippen LogP contribution is -2.13. The van der Waals surface area contributed by atoms with Gasteiger partial charge in [0, 0.05) is 12.6 Å². The van der Waals surface area contributed by atoms with Crippen molar-refractivity contribution in [3.05, 3.63) is 10.7 Å². The van der Waals surface area contributed by atoms with E-state index in [1.54, 1.807) is 6.07 Å². The van der Waals surface area contributed by atoms with Crippen LogP contribution < -0.4 is 11.1 Å². The Bertz CT molecular complexity index is 343. The molecule has 2 rings (SSSR count). The Morgan fingerprint density at radius 3 is 2.76 bits per heavy atom. The quantitative estimate of drug-likeness (QED) is 0.838. The van der Waals surface area contributed by atoms with Gasteiger partial charge in [-0.1, -0.05) is 32.1 Å². The summed E-state index contributed by atoms with van der Waals surface area (Å²) in [6, 6.07) is 1.70. The second-order valence-corrected chi connectivity index (χ2v) is 5.47. The highest BCUT2D eigenvalue weighted by atomic mass is 79.9. The lowest BCUT2D eigenvalue weighted by Gasteiger charge is -2.21. The van der Waals surface area contributed by atoms with Crippen LogP contribution in [0.2, 0.25) is 0 Å². The normalized spacial score (nSPS) is 17.0. The van der Waals surface area contributed by atoms with E-state index in [1.165, 1.54) is 38.5 Å². The zero-order valence-corrected chi connectivity index (χ0v) is 11.5. The summed E-state index contributed by atoms with van der Waals surface area (Å²) in [7, 11) is 0. The average Bonchev–Trinajstić information content (AvgIpc) is 2.29. The molecule has 4 nitrogen and oxygen atoms in total. The van der Waals surface area contributed by atoms with E-state index in [0.717, 1.165) is 17.1 Å². The number of anilines is 2. The average molecular weight is 299 g/mol. The van der Waals surface area contributed by atoms with Gasteiger partial charge in [-0.05, 0) is 28.3 Å².